The molecule has 0 radical (unpaired) electrons. The lowest BCUT2D eigenvalue weighted by Crippen LogP contribution is -2.34. The number of unbranched alkanes of at least 4 members (excludes halogenated alkanes) is 3. The largest absolute Gasteiger partial charge is 0.282 e. The minimum atomic E-state index is -0.107. The number of rotatable bonds is 7. The van der Waals surface area contributed by atoms with Crippen LogP contribution in [0.2, 0.25) is 0 Å². The van der Waals surface area contributed by atoms with Gasteiger partial charge >= 0.3 is 0 Å². The molecule has 2 saturated carbocycles. The summed E-state index contributed by atoms with van der Waals surface area (Å²) in [6.07, 6.45) is 13.8. The summed E-state index contributed by atoms with van der Waals surface area (Å²) >= 11 is 0. The van der Waals surface area contributed by atoms with Crippen molar-refractivity contribution in [2.24, 2.45) is 47.3 Å². The van der Waals surface area contributed by atoms with Gasteiger partial charge in [-0.1, -0.05) is 37.1 Å². The minimum absolute atomic E-state index is 0.0323. The molecule has 6 rings (SSSR count). The summed E-state index contributed by atoms with van der Waals surface area (Å²) in [6.45, 7) is 1.01. The fourth-order valence-electron chi connectivity index (χ4n) is 7.26. The average molecular weight is 408 g/mol. The van der Waals surface area contributed by atoms with Gasteiger partial charge in [0, 0.05) is 13.1 Å². The van der Waals surface area contributed by atoms with E-state index in [9.17, 15) is 19.2 Å². The third-order valence-electron chi connectivity index (χ3n) is 8.64. The first-order valence-corrected chi connectivity index (χ1v) is 11.6. The molecular formula is C24H28N2O4. The predicted molar refractivity (Wildman–Crippen MR) is 107 cm³/mol. The molecule has 4 amide bonds. The number of hydrogen-bond donors (Lipinski definition) is 0. The Hall–Kier alpha value is -2.24. The Bertz CT molecular complexity index is 760. The topological polar surface area (TPSA) is 74.8 Å². The molecule has 6 heteroatoms. The van der Waals surface area contributed by atoms with Crippen LogP contribution in [0.5, 0.6) is 0 Å². The lowest BCUT2D eigenvalue weighted by Gasteiger charge is -2.18. The fourth-order valence-corrected chi connectivity index (χ4v) is 7.26. The summed E-state index contributed by atoms with van der Waals surface area (Å²) in [7, 11) is 0. The van der Waals surface area contributed by atoms with Gasteiger partial charge in [-0.15, -0.1) is 0 Å². The van der Waals surface area contributed by atoms with Gasteiger partial charge in [0.1, 0.15) is 0 Å². The minimum Gasteiger partial charge on any atom is -0.282 e. The molecule has 158 valence electrons. The van der Waals surface area contributed by atoms with Gasteiger partial charge in [0.25, 0.3) is 0 Å². The first-order chi connectivity index (χ1) is 14.6. The molecule has 4 aliphatic carbocycles. The van der Waals surface area contributed by atoms with Crippen LogP contribution in [0.3, 0.4) is 0 Å². The second kappa shape index (κ2) is 6.63. The number of nitrogens with zero attached hydrogens (tertiary/aromatic N) is 2. The van der Waals surface area contributed by atoms with Crippen molar-refractivity contribution < 1.29 is 19.2 Å². The molecule has 8 atom stereocenters. The van der Waals surface area contributed by atoms with Crippen molar-refractivity contribution in [1.29, 1.82) is 0 Å². The van der Waals surface area contributed by atoms with Crippen LogP contribution in [0.15, 0.2) is 24.3 Å². The van der Waals surface area contributed by atoms with E-state index in [4.69, 9.17) is 0 Å². The maximum atomic E-state index is 12.7. The van der Waals surface area contributed by atoms with Crippen molar-refractivity contribution in [3.8, 4) is 0 Å². The second-order valence-electron chi connectivity index (χ2n) is 10.1. The van der Waals surface area contributed by atoms with Gasteiger partial charge in [0.15, 0.2) is 0 Å². The van der Waals surface area contributed by atoms with E-state index in [-0.39, 0.29) is 71.0 Å². The van der Waals surface area contributed by atoms with Crippen molar-refractivity contribution in [2.75, 3.05) is 13.1 Å². The Morgan fingerprint density at radius 2 is 0.833 bits per heavy atom. The van der Waals surface area contributed by atoms with Crippen LogP contribution < -0.4 is 0 Å². The van der Waals surface area contributed by atoms with Crippen LogP contribution in [-0.4, -0.2) is 46.5 Å². The maximum absolute atomic E-state index is 12.7. The molecule has 0 spiro atoms. The van der Waals surface area contributed by atoms with E-state index < -0.39 is 0 Å². The summed E-state index contributed by atoms with van der Waals surface area (Å²) in [5, 5.41) is 0. The predicted octanol–water partition coefficient (Wildman–Crippen LogP) is 2.16. The quantitative estimate of drug-likeness (QED) is 0.368. The van der Waals surface area contributed by atoms with E-state index >= 15 is 0 Å². The zero-order valence-corrected chi connectivity index (χ0v) is 17.1. The van der Waals surface area contributed by atoms with Gasteiger partial charge in [-0.2, -0.15) is 0 Å². The molecule has 0 unspecified atom stereocenters. The van der Waals surface area contributed by atoms with E-state index in [1.54, 1.807) is 0 Å². The Morgan fingerprint density at radius 1 is 0.533 bits per heavy atom. The van der Waals surface area contributed by atoms with Gasteiger partial charge in [-0.3, -0.25) is 29.0 Å². The summed E-state index contributed by atoms with van der Waals surface area (Å²) in [5.41, 5.74) is 0. The second-order valence-corrected chi connectivity index (χ2v) is 10.1. The third kappa shape index (κ3) is 2.42. The summed E-state index contributed by atoms with van der Waals surface area (Å²) < 4.78 is 0. The van der Waals surface area contributed by atoms with Gasteiger partial charge in [-0.25, -0.2) is 0 Å². The van der Waals surface area contributed by atoms with E-state index in [1.165, 1.54) is 9.80 Å². The fraction of sp³-hybridized carbons (Fsp3) is 0.667. The average Bonchev–Trinajstić information content (AvgIpc) is 3.56. The molecule has 0 N–H and O–H groups in total. The molecule has 0 aromatic rings. The molecule has 2 heterocycles. The number of hydrogen-bond acceptors (Lipinski definition) is 4. The van der Waals surface area contributed by atoms with Crippen LogP contribution in [0.1, 0.15) is 38.5 Å². The first-order valence-electron chi connectivity index (χ1n) is 11.6. The number of carbonyl (C=O) groups is 4. The SMILES string of the molecule is O=C1[C@@H]2[C@@H](C(=O)N1CCCCCCN1C(=O)[C@@H]3[C@H](C1=O)[C@H]1C=C[C@H]3C1)[C@H]1C=C[C@H]2C1. The van der Waals surface area contributed by atoms with E-state index in [0.717, 1.165) is 38.5 Å². The smallest absolute Gasteiger partial charge is 0.233 e. The highest BCUT2D eigenvalue weighted by molar-refractivity contribution is 6.07. The number of carbonyl (C=O) groups excluding carboxylic acids is 4. The van der Waals surface area contributed by atoms with Crippen molar-refractivity contribution in [2.45, 2.75) is 38.5 Å². The molecular weight excluding hydrogens is 380 g/mol. The van der Waals surface area contributed by atoms with Gasteiger partial charge in [-0.05, 0) is 49.4 Å². The van der Waals surface area contributed by atoms with Gasteiger partial charge < -0.3 is 0 Å². The number of allylic oxidation sites excluding steroid dienone is 4. The Labute approximate surface area is 176 Å². The number of likely N-dealkylation sites (tertiary alicyclic amines) is 2. The monoisotopic (exact) mass is 408 g/mol. The molecule has 0 aromatic heterocycles. The third-order valence-corrected chi connectivity index (χ3v) is 8.64. The molecule has 2 saturated heterocycles. The standard InChI is InChI=1S/C24H28N2O4/c27-21-17-13-5-6-14(11-13)18(17)22(28)25(21)9-3-1-2-4-10-26-23(29)19-15-7-8-16(12-15)20(19)24(26)30/h5-8,13-20H,1-4,9-12H2/t13-,14-,15-,16-,17-,18-,19-,20+/m0/s1. The lowest BCUT2D eigenvalue weighted by molar-refractivity contribution is -0.142. The van der Waals surface area contributed by atoms with Gasteiger partial charge in [0.05, 0.1) is 23.7 Å². The van der Waals surface area contributed by atoms with Crippen molar-refractivity contribution >= 4 is 23.6 Å². The van der Waals surface area contributed by atoms with Crippen LogP contribution >= 0.6 is 0 Å². The molecule has 30 heavy (non-hydrogen) atoms. The highest BCUT2D eigenvalue weighted by Gasteiger charge is 2.60. The molecule has 4 fully saturated rings. The molecule has 2 aliphatic heterocycles. The molecule has 6 aliphatic rings. The number of imide groups is 2. The van der Waals surface area contributed by atoms with Crippen molar-refractivity contribution in [3.63, 3.8) is 0 Å². The highest BCUT2D eigenvalue weighted by Crippen LogP contribution is 2.53. The Kier molecular flexibility index (Phi) is 4.09. The van der Waals surface area contributed by atoms with Crippen LogP contribution in [0.25, 0.3) is 0 Å². The molecule has 4 bridgehead atoms. The van der Waals surface area contributed by atoms with Crippen LogP contribution in [0, 0.1) is 47.3 Å². The summed E-state index contributed by atoms with van der Waals surface area (Å²) in [5.74, 6) is 0.762. The van der Waals surface area contributed by atoms with Crippen molar-refractivity contribution in [3.05, 3.63) is 24.3 Å². The maximum Gasteiger partial charge on any atom is 0.233 e. The normalized spacial score (nSPS) is 42.4. The zero-order chi connectivity index (χ0) is 20.6. The van der Waals surface area contributed by atoms with Crippen LogP contribution in [0.4, 0.5) is 0 Å². The van der Waals surface area contributed by atoms with E-state index in [0.29, 0.717) is 13.1 Å². The Morgan fingerprint density at radius 3 is 1.13 bits per heavy atom. The van der Waals surface area contributed by atoms with Gasteiger partial charge in [0.2, 0.25) is 23.6 Å². The van der Waals surface area contributed by atoms with E-state index in [1.807, 2.05) is 0 Å². The number of amides is 4. The Balaban J connectivity index is 0.954. The molecule has 0 aromatic carbocycles. The summed E-state index contributed by atoms with van der Waals surface area (Å²) in [4.78, 5) is 53.8. The zero-order valence-electron chi connectivity index (χ0n) is 17.1. The van der Waals surface area contributed by atoms with Crippen molar-refractivity contribution in [1.82, 2.24) is 9.80 Å². The first kappa shape index (κ1) is 18.5. The number of fused-ring (bicyclic) bond motifs is 10. The molecule has 6 nitrogen and oxygen atoms in total. The van der Waals surface area contributed by atoms with Crippen LogP contribution in [-0.2, 0) is 19.2 Å². The van der Waals surface area contributed by atoms with E-state index in [2.05, 4.69) is 24.3 Å². The summed E-state index contributed by atoms with van der Waals surface area (Å²) in [6, 6.07) is 0. The lowest BCUT2D eigenvalue weighted by atomic mass is 9.85. The highest BCUT2D eigenvalue weighted by atomic mass is 16.2.